The standard InChI is InChI=1S/C26H17Cl3N2O4S/c1-2-35-16-7-3-13(4-8-16)23(32)21-22(14-5-9-17(28)18(29)11-14)31(25(34)24(21)33)26-30-19-10-6-15(27)12-20(19)36-26/h3-12,22,32H,2H2,1H3/b23-21+. The number of ether oxygens (including phenoxy) is 1. The van der Waals surface area contributed by atoms with E-state index in [1.54, 1.807) is 60.7 Å². The van der Waals surface area contributed by atoms with Crippen molar-refractivity contribution in [2.75, 3.05) is 11.5 Å². The lowest BCUT2D eigenvalue weighted by atomic mass is 9.95. The molecule has 1 atom stereocenters. The van der Waals surface area contributed by atoms with Crippen molar-refractivity contribution in [1.29, 1.82) is 0 Å². The molecule has 0 spiro atoms. The van der Waals surface area contributed by atoms with Crippen LogP contribution in [0.25, 0.3) is 16.0 Å². The van der Waals surface area contributed by atoms with E-state index in [-0.39, 0.29) is 21.5 Å². The number of aliphatic hydroxyl groups is 1. The van der Waals surface area contributed by atoms with Crippen LogP contribution in [-0.2, 0) is 9.59 Å². The van der Waals surface area contributed by atoms with Gasteiger partial charge in [-0.3, -0.25) is 14.5 Å². The van der Waals surface area contributed by atoms with Crippen LogP contribution >= 0.6 is 46.1 Å². The van der Waals surface area contributed by atoms with Gasteiger partial charge < -0.3 is 9.84 Å². The maximum Gasteiger partial charge on any atom is 0.301 e. The molecule has 3 aromatic carbocycles. The van der Waals surface area contributed by atoms with Gasteiger partial charge in [0.2, 0.25) is 0 Å². The molecule has 10 heteroatoms. The molecule has 0 bridgehead atoms. The van der Waals surface area contributed by atoms with Crippen LogP contribution in [0, 0.1) is 0 Å². The number of aromatic nitrogens is 1. The summed E-state index contributed by atoms with van der Waals surface area (Å²) in [5.41, 5.74) is 1.39. The van der Waals surface area contributed by atoms with E-state index in [0.717, 1.165) is 4.70 Å². The lowest BCUT2D eigenvalue weighted by molar-refractivity contribution is -0.132. The van der Waals surface area contributed by atoms with Gasteiger partial charge in [0, 0.05) is 10.6 Å². The molecular weight excluding hydrogens is 543 g/mol. The predicted octanol–water partition coefficient (Wildman–Crippen LogP) is 7.28. The summed E-state index contributed by atoms with van der Waals surface area (Å²) in [7, 11) is 0. The second-order valence-electron chi connectivity index (χ2n) is 7.91. The number of nitrogens with zero attached hydrogens (tertiary/aromatic N) is 2. The lowest BCUT2D eigenvalue weighted by Crippen LogP contribution is -2.29. The first kappa shape index (κ1) is 24.6. The van der Waals surface area contributed by atoms with Crippen molar-refractivity contribution in [3.63, 3.8) is 0 Å². The fourth-order valence-corrected chi connectivity index (χ4v) is 5.62. The van der Waals surface area contributed by atoms with Crippen molar-refractivity contribution in [3.05, 3.63) is 92.4 Å². The number of anilines is 1. The largest absolute Gasteiger partial charge is 0.507 e. The number of amides is 1. The number of thiazole rings is 1. The van der Waals surface area contributed by atoms with E-state index in [1.165, 1.54) is 16.2 Å². The number of aliphatic hydroxyl groups excluding tert-OH is 1. The van der Waals surface area contributed by atoms with Crippen LogP contribution in [0.15, 0.2) is 66.2 Å². The second-order valence-corrected chi connectivity index (χ2v) is 10.2. The number of fused-ring (bicyclic) bond motifs is 1. The number of halogens is 3. The number of rotatable bonds is 5. The Morgan fingerprint density at radius 3 is 2.47 bits per heavy atom. The van der Waals surface area contributed by atoms with E-state index in [2.05, 4.69) is 4.98 Å². The molecule has 6 nitrogen and oxygen atoms in total. The van der Waals surface area contributed by atoms with Crippen LogP contribution in [0.5, 0.6) is 5.75 Å². The number of hydrogen-bond acceptors (Lipinski definition) is 6. The molecular formula is C26H17Cl3N2O4S. The monoisotopic (exact) mass is 558 g/mol. The van der Waals surface area contributed by atoms with Gasteiger partial charge in [0.05, 0.1) is 38.5 Å². The predicted molar refractivity (Wildman–Crippen MR) is 143 cm³/mol. The highest BCUT2D eigenvalue weighted by Crippen LogP contribution is 2.45. The number of Topliss-reactive ketones (excluding diaryl/α,β-unsaturated/α-hetero) is 1. The second kappa shape index (κ2) is 9.75. The lowest BCUT2D eigenvalue weighted by Gasteiger charge is -2.23. The van der Waals surface area contributed by atoms with E-state index in [4.69, 9.17) is 39.5 Å². The molecule has 1 unspecified atom stereocenters. The molecule has 4 aromatic rings. The summed E-state index contributed by atoms with van der Waals surface area (Å²) in [6.07, 6.45) is 0. The zero-order valence-corrected chi connectivity index (χ0v) is 21.8. The molecule has 1 aliphatic rings. The minimum Gasteiger partial charge on any atom is -0.507 e. The number of carbonyl (C=O) groups is 2. The summed E-state index contributed by atoms with van der Waals surface area (Å²) >= 11 is 19.8. The van der Waals surface area contributed by atoms with E-state index in [9.17, 15) is 14.7 Å². The average molecular weight is 560 g/mol. The van der Waals surface area contributed by atoms with Gasteiger partial charge in [0.15, 0.2) is 5.13 Å². The SMILES string of the molecule is CCOc1ccc(/C(O)=C2\C(=O)C(=O)N(c3nc4ccc(Cl)cc4s3)C2c2ccc(Cl)c(Cl)c2)cc1. The van der Waals surface area contributed by atoms with Crippen molar-refractivity contribution in [2.24, 2.45) is 0 Å². The Balaban J connectivity index is 1.70. The van der Waals surface area contributed by atoms with Crippen LogP contribution < -0.4 is 9.64 Å². The van der Waals surface area contributed by atoms with Crippen LogP contribution in [0.4, 0.5) is 5.13 Å². The highest BCUT2D eigenvalue weighted by atomic mass is 35.5. The summed E-state index contributed by atoms with van der Waals surface area (Å²) in [5.74, 6) is -1.36. The van der Waals surface area contributed by atoms with E-state index >= 15 is 0 Å². The zero-order chi connectivity index (χ0) is 25.6. The maximum absolute atomic E-state index is 13.4. The number of carbonyl (C=O) groups excluding carboxylic acids is 2. The first-order valence-corrected chi connectivity index (χ1v) is 12.8. The summed E-state index contributed by atoms with van der Waals surface area (Å²) in [4.78, 5) is 32.6. The molecule has 0 radical (unpaired) electrons. The molecule has 36 heavy (non-hydrogen) atoms. The van der Waals surface area contributed by atoms with Gasteiger partial charge in [-0.2, -0.15) is 0 Å². The van der Waals surface area contributed by atoms with Gasteiger partial charge >= 0.3 is 5.91 Å². The van der Waals surface area contributed by atoms with Crippen molar-refractivity contribution in [3.8, 4) is 5.75 Å². The molecule has 182 valence electrons. The third-order valence-corrected chi connectivity index (χ3v) is 7.68. The quantitative estimate of drug-likeness (QED) is 0.158. The maximum atomic E-state index is 13.4. The topological polar surface area (TPSA) is 79.7 Å². The van der Waals surface area contributed by atoms with Gasteiger partial charge in [-0.05, 0) is 67.1 Å². The zero-order valence-electron chi connectivity index (χ0n) is 18.7. The highest BCUT2D eigenvalue weighted by Gasteiger charge is 2.48. The van der Waals surface area contributed by atoms with Crippen molar-refractivity contribution < 1.29 is 19.4 Å². The Labute approximate surface area is 225 Å². The van der Waals surface area contributed by atoms with E-state index in [0.29, 0.717) is 39.0 Å². The normalized spacial score (nSPS) is 17.2. The summed E-state index contributed by atoms with van der Waals surface area (Å²) < 4.78 is 6.21. The van der Waals surface area contributed by atoms with Crippen LogP contribution in [0.1, 0.15) is 24.1 Å². The Kier molecular flexibility index (Phi) is 6.66. The first-order valence-electron chi connectivity index (χ1n) is 10.8. The fourth-order valence-electron chi connectivity index (χ4n) is 4.05. The molecule has 0 saturated carbocycles. The Morgan fingerprint density at radius 1 is 1.03 bits per heavy atom. The summed E-state index contributed by atoms with van der Waals surface area (Å²) in [6.45, 7) is 2.35. The van der Waals surface area contributed by atoms with Crippen molar-refractivity contribution >= 4 is 78.9 Å². The molecule has 1 aromatic heterocycles. The van der Waals surface area contributed by atoms with Crippen LogP contribution in [-0.4, -0.2) is 28.4 Å². The highest BCUT2D eigenvalue weighted by molar-refractivity contribution is 7.22. The van der Waals surface area contributed by atoms with Gasteiger partial charge in [0.1, 0.15) is 11.5 Å². The summed E-state index contributed by atoms with van der Waals surface area (Å²) in [6, 6.07) is 15.6. The van der Waals surface area contributed by atoms with Crippen molar-refractivity contribution in [2.45, 2.75) is 13.0 Å². The van der Waals surface area contributed by atoms with Gasteiger partial charge in [-0.15, -0.1) is 0 Å². The Hall–Kier alpha value is -3.10. The molecule has 1 saturated heterocycles. The van der Waals surface area contributed by atoms with Crippen LogP contribution in [0.3, 0.4) is 0 Å². The molecule has 1 aliphatic heterocycles. The minimum absolute atomic E-state index is 0.0835. The molecule has 2 heterocycles. The Bertz CT molecular complexity index is 1550. The first-order chi connectivity index (χ1) is 17.3. The number of ketones is 1. The van der Waals surface area contributed by atoms with E-state index < -0.39 is 17.7 Å². The molecule has 1 amide bonds. The van der Waals surface area contributed by atoms with Crippen molar-refractivity contribution in [1.82, 2.24) is 4.98 Å². The van der Waals surface area contributed by atoms with Gasteiger partial charge in [-0.1, -0.05) is 52.2 Å². The minimum atomic E-state index is -0.984. The third-order valence-electron chi connectivity index (χ3n) is 5.69. The smallest absolute Gasteiger partial charge is 0.301 e. The number of hydrogen-bond donors (Lipinski definition) is 1. The third kappa shape index (κ3) is 4.33. The molecule has 5 rings (SSSR count). The molecule has 0 aliphatic carbocycles. The molecule has 1 N–H and O–H groups in total. The van der Waals surface area contributed by atoms with Crippen LogP contribution in [0.2, 0.25) is 15.1 Å². The van der Waals surface area contributed by atoms with Gasteiger partial charge in [0.25, 0.3) is 5.78 Å². The molecule has 1 fully saturated rings. The average Bonchev–Trinajstić information content (AvgIpc) is 3.39. The van der Waals surface area contributed by atoms with Gasteiger partial charge in [-0.25, -0.2) is 4.98 Å². The fraction of sp³-hybridized carbons (Fsp3) is 0.115. The summed E-state index contributed by atoms with van der Waals surface area (Å²) in [5, 5.41) is 12.6. The number of benzene rings is 3. The van der Waals surface area contributed by atoms with E-state index in [1.807, 2.05) is 6.92 Å². The Morgan fingerprint density at radius 2 is 1.78 bits per heavy atom.